The molecule has 0 bridgehead atoms. The third-order valence-electron chi connectivity index (χ3n) is 3.20. The number of benzene rings is 1. The Morgan fingerprint density at radius 3 is 2.33 bits per heavy atom. The van der Waals surface area contributed by atoms with Gasteiger partial charge in [-0.2, -0.15) is 0 Å². The lowest BCUT2D eigenvalue weighted by Crippen LogP contribution is -2.38. The molecule has 1 amide bonds. The van der Waals surface area contributed by atoms with Gasteiger partial charge in [0.2, 0.25) is 5.91 Å². The van der Waals surface area contributed by atoms with Crippen molar-refractivity contribution < 1.29 is 14.7 Å². The fourth-order valence-electron chi connectivity index (χ4n) is 2.11. The van der Waals surface area contributed by atoms with Gasteiger partial charge in [-0.15, -0.1) is 0 Å². The summed E-state index contributed by atoms with van der Waals surface area (Å²) in [7, 11) is 0. The number of aliphatic carboxylic acids is 1. The van der Waals surface area contributed by atoms with Gasteiger partial charge in [-0.05, 0) is 69.3 Å². The van der Waals surface area contributed by atoms with Crippen LogP contribution in [0.4, 0.5) is 5.69 Å². The Hall–Kier alpha value is -0.920. The maximum absolute atomic E-state index is 12.1. The number of carbonyl (C=O) groups excluding carboxylic acids is 1. The highest BCUT2D eigenvalue weighted by atomic mass is 79.9. The number of hydrogen-bond donors (Lipinski definition) is 2. The van der Waals surface area contributed by atoms with Crippen molar-refractivity contribution in [3.63, 3.8) is 0 Å². The molecule has 0 radical (unpaired) electrons. The monoisotopic (exact) mass is 418 g/mol. The van der Waals surface area contributed by atoms with E-state index in [0.29, 0.717) is 5.69 Å². The summed E-state index contributed by atoms with van der Waals surface area (Å²) in [6.45, 7) is 1.95. The van der Waals surface area contributed by atoms with Gasteiger partial charge in [0, 0.05) is 15.0 Å². The van der Waals surface area contributed by atoms with Gasteiger partial charge in [0.25, 0.3) is 0 Å². The highest BCUT2D eigenvalue weighted by Crippen LogP contribution is 2.32. The normalized spacial score (nSPS) is 14.3. The van der Waals surface area contributed by atoms with Gasteiger partial charge < -0.3 is 10.4 Å². The second-order valence-electron chi connectivity index (χ2n) is 5.18. The van der Waals surface area contributed by atoms with Crippen molar-refractivity contribution in [2.24, 2.45) is 0 Å². The Labute approximate surface area is 140 Å². The number of carbonyl (C=O) groups is 2. The Kier molecular flexibility index (Phi) is 5.40. The first-order valence-corrected chi connectivity index (χ1v) is 8.16. The fraction of sp³-hybridized carbons (Fsp3) is 0.429. The molecule has 21 heavy (non-hydrogen) atoms. The van der Waals surface area contributed by atoms with Gasteiger partial charge in [-0.1, -0.05) is 0 Å². The van der Waals surface area contributed by atoms with Crippen LogP contribution in [0, 0.1) is 6.92 Å². The first-order chi connectivity index (χ1) is 9.86. The highest BCUT2D eigenvalue weighted by molar-refractivity contribution is 9.11. The van der Waals surface area contributed by atoms with Crippen LogP contribution in [0.2, 0.25) is 0 Å². The van der Waals surface area contributed by atoms with E-state index < -0.39 is 5.97 Å². The predicted molar refractivity (Wildman–Crippen MR) is 87.4 cm³/mol. The lowest BCUT2D eigenvalue weighted by molar-refractivity contribution is -0.138. The number of anilines is 1. The number of nitrogens with zero attached hydrogens (tertiary/aromatic N) is 1. The van der Waals surface area contributed by atoms with Gasteiger partial charge in [0.1, 0.15) is 0 Å². The average molecular weight is 420 g/mol. The quantitative estimate of drug-likeness (QED) is 0.743. The van der Waals surface area contributed by atoms with E-state index in [9.17, 15) is 9.59 Å². The number of carboxylic acid groups (broad SMARTS) is 1. The summed E-state index contributed by atoms with van der Waals surface area (Å²) in [5.74, 6) is -1.12. The van der Waals surface area contributed by atoms with E-state index in [4.69, 9.17) is 5.11 Å². The minimum atomic E-state index is -0.910. The Balaban J connectivity index is 2.02. The number of hydrogen-bond acceptors (Lipinski definition) is 3. The summed E-state index contributed by atoms with van der Waals surface area (Å²) in [5, 5.41) is 11.7. The first-order valence-electron chi connectivity index (χ1n) is 6.58. The second-order valence-corrected chi connectivity index (χ2v) is 6.89. The van der Waals surface area contributed by atoms with Crippen LogP contribution in [0.1, 0.15) is 18.4 Å². The van der Waals surface area contributed by atoms with Gasteiger partial charge in [0.05, 0.1) is 18.8 Å². The molecule has 114 valence electrons. The molecule has 1 aliphatic rings. The third kappa shape index (κ3) is 4.79. The predicted octanol–water partition coefficient (Wildman–Crippen LogP) is 3.01. The topological polar surface area (TPSA) is 69.6 Å². The lowest BCUT2D eigenvalue weighted by atomic mass is 10.2. The Morgan fingerprint density at radius 1 is 1.29 bits per heavy atom. The van der Waals surface area contributed by atoms with Crippen molar-refractivity contribution in [3.8, 4) is 0 Å². The van der Waals surface area contributed by atoms with E-state index in [-0.39, 0.29) is 25.0 Å². The maximum Gasteiger partial charge on any atom is 0.317 e. The van der Waals surface area contributed by atoms with Crippen molar-refractivity contribution in [2.75, 3.05) is 18.4 Å². The maximum atomic E-state index is 12.1. The largest absolute Gasteiger partial charge is 0.480 e. The molecular formula is C14H16Br2N2O3. The third-order valence-corrected chi connectivity index (χ3v) is 4.45. The summed E-state index contributed by atoms with van der Waals surface area (Å²) in [5.41, 5.74) is 1.73. The fourth-order valence-corrected chi connectivity index (χ4v) is 3.72. The number of nitrogens with one attached hydrogen (secondary N) is 1. The van der Waals surface area contributed by atoms with Gasteiger partial charge in [-0.3, -0.25) is 14.5 Å². The summed E-state index contributed by atoms with van der Waals surface area (Å²) >= 11 is 6.84. The van der Waals surface area contributed by atoms with E-state index in [2.05, 4.69) is 37.2 Å². The second kappa shape index (κ2) is 6.89. The molecule has 0 heterocycles. The molecule has 0 atom stereocenters. The SMILES string of the molecule is Cc1cc(Br)c(NC(=O)CN(CC(=O)O)C2CC2)c(Br)c1. The zero-order valence-electron chi connectivity index (χ0n) is 11.5. The number of rotatable bonds is 6. The van der Waals surface area contributed by atoms with E-state index in [0.717, 1.165) is 27.4 Å². The molecule has 5 nitrogen and oxygen atoms in total. The zero-order chi connectivity index (χ0) is 15.6. The minimum Gasteiger partial charge on any atom is -0.480 e. The molecule has 2 rings (SSSR count). The smallest absolute Gasteiger partial charge is 0.317 e. The molecule has 0 unspecified atom stereocenters. The molecular weight excluding hydrogens is 404 g/mol. The van der Waals surface area contributed by atoms with Crippen LogP contribution in [0.25, 0.3) is 0 Å². The van der Waals surface area contributed by atoms with Crippen molar-refractivity contribution in [1.82, 2.24) is 4.90 Å². The summed E-state index contributed by atoms with van der Waals surface area (Å²) < 4.78 is 1.58. The van der Waals surface area contributed by atoms with Crippen molar-refractivity contribution >= 4 is 49.4 Å². The molecule has 0 spiro atoms. The minimum absolute atomic E-state index is 0.0870. The zero-order valence-corrected chi connectivity index (χ0v) is 14.7. The molecule has 2 N–H and O–H groups in total. The molecule has 1 aromatic carbocycles. The summed E-state index contributed by atoms with van der Waals surface area (Å²) in [6, 6.07) is 4.05. The number of halogens is 2. The van der Waals surface area contributed by atoms with Crippen LogP contribution in [0.3, 0.4) is 0 Å². The van der Waals surface area contributed by atoms with Crippen LogP contribution in [0.15, 0.2) is 21.1 Å². The first kappa shape index (κ1) is 16.5. The molecule has 0 aromatic heterocycles. The van der Waals surface area contributed by atoms with Crippen LogP contribution in [-0.2, 0) is 9.59 Å². The van der Waals surface area contributed by atoms with Gasteiger partial charge in [-0.25, -0.2) is 0 Å². The van der Waals surface area contributed by atoms with E-state index in [1.54, 1.807) is 4.90 Å². The van der Waals surface area contributed by atoms with Crippen molar-refractivity contribution in [1.29, 1.82) is 0 Å². The Bertz CT molecular complexity index is 550. The van der Waals surface area contributed by atoms with Crippen LogP contribution in [-0.4, -0.2) is 41.0 Å². The van der Waals surface area contributed by atoms with E-state index in [1.165, 1.54) is 0 Å². The highest BCUT2D eigenvalue weighted by Gasteiger charge is 2.31. The molecule has 1 fully saturated rings. The van der Waals surface area contributed by atoms with Crippen LogP contribution < -0.4 is 5.32 Å². The average Bonchev–Trinajstić information content (AvgIpc) is 3.16. The summed E-state index contributed by atoms with van der Waals surface area (Å²) in [4.78, 5) is 24.7. The Morgan fingerprint density at radius 2 is 1.86 bits per heavy atom. The molecule has 1 saturated carbocycles. The van der Waals surface area contributed by atoms with E-state index >= 15 is 0 Å². The van der Waals surface area contributed by atoms with Crippen molar-refractivity contribution in [2.45, 2.75) is 25.8 Å². The standard InChI is InChI=1S/C14H16Br2N2O3/c1-8-4-10(15)14(11(16)5-8)17-12(19)6-18(7-13(20)21)9-2-3-9/h4-5,9H,2-3,6-7H2,1H3,(H,17,19)(H,20,21). The lowest BCUT2D eigenvalue weighted by Gasteiger charge is -2.19. The van der Waals surface area contributed by atoms with Gasteiger partial charge >= 0.3 is 5.97 Å². The van der Waals surface area contributed by atoms with Crippen molar-refractivity contribution in [3.05, 3.63) is 26.6 Å². The molecule has 1 aliphatic carbocycles. The van der Waals surface area contributed by atoms with Gasteiger partial charge in [0.15, 0.2) is 0 Å². The molecule has 0 saturated heterocycles. The molecule has 0 aliphatic heterocycles. The number of carboxylic acids is 1. The summed E-state index contributed by atoms with van der Waals surface area (Å²) in [6.07, 6.45) is 1.91. The molecule has 7 heteroatoms. The number of aryl methyl sites for hydroxylation is 1. The van der Waals surface area contributed by atoms with E-state index in [1.807, 2.05) is 19.1 Å². The van der Waals surface area contributed by atoms with Crippen LogP contribution in [0.5, 0.6) is 0 Å². The van der Waals surface area contributed by atoms with Crippen LogP contribution >= 0.6 is 31.9 Å². The molecule has 1 aromatic rings. The number of amides is 1.